The van der Waals surface area contributed by atoms with Crippen LogP contribution in [0.5, 0.6) is 0 Å². The lowest BCUT2D eigenvalue weighted by atomic mass is 9.96. The summed E-state index contributed by atoms with van der Waals surface area (Å²) in [6.45, 7) is 4.95. The predicted octanol–water partition coefficient (Wildman–Crippen LogP) is 2.82. The molecule has 106 valence electrons. The number of rotatable bonds is 5. The summed E-state index contributed by atoms with van der Waals surface area (Å²) in [5.41, 5.74) is 0. The molecule has 3 heterocycles. The summed E-state index contributed by atoms with van der Waals surface area (Å²) in [6, 6.07) is 6.23. The molecule has 2 fully saturated rings. The second-order valence-electron chi connectivity index (χ2n) is 6.24. The van der Waals surface area contributed by atoms with Crippen LogP contribution in [0, 0.1) is 0 Å². The Morgan fingerprint density at radius 1 is 1.42 bits per heavy atom. The molecule has 1 aromatic heterocycles. The SMILES string of the molecule is CC(CCc1ccco1)NC1CCN2CCCC2C1. The molecule has 0 aromatic carbocycles. The fourth-order valence-electron chi connectivity index (χ4n) is 3.68. The number of hydrogen-bond donors (Lipinski definition) is 1. The Balaban J connectivity index is 1.41. The van der Waals surface area contributed by atoms with Gasteiger partial charge in [-0.25, -0.2) is 0 Å². The summed E-state index contributed by atoms with van der Waals surface area (Å²) in [4.78, 5) is 2.69. The monoisotopic (exact) mass is 262 g/mol. The Morgan fingerprint density at radius 3 is 3.21 bits per heavy atom. The average Bonchev–Trinajstić information content (AvgIpc) is 3.07. The van der Waals surface area contributed by atoms with E-state index in [2.05, 4.69) is 23.2 Å². The van der Waals surface area contributed by atoms with Crippen molar-refractivity contribution in [3.8, 4) is 0 Å². The van der Waals surface area contributed by atoms with Gasteiger partial charge in [-0.1, -0.05) is 0 Å². The molecule has 19 heavy (non-hydrogen) atoms. The molecule has 3 unspecified atom stereocenters. The first-order chi connectivity index (χ1) is 9.31. The molecule has 0 aliphatic carbocycles. The zero-order chi connectivity index (χ0) is 13.1. The van der Waals surface area contributed by atoms with Gasteiger partial charge in [-0.3, -0.25) is 0 Å². The summed E-state index contributed by atoms with van der Waals surface area (Å²) in [7, 11) is 0. The van der Waals surface area contributed by atoms with Gasteiger partial charge in [0.2, 0.25) is 0 Å². The van der Waals surface area contributed by atoms with Crippen LogP contribution < -0.4 is 5.32 Å². The highest BCUT2D eigenvalue weighted by atomic mass is 16.3. The Labute approximate surface area is 116 Å². The van der Waals surface area contributed by atoms with Crippen LogP contribution in [0.4, 0.5) is 0 Å². The van der Waals surface area contributed by atoms with E-state index in [1.807, 2.05) is 6.07 Å². The number of furan rings is 1. The maximum atomic E-state index is 5.40. The molecule has 0 saturated carbocycles. The molecule has 3 heteroatoms. The number of fused-ring (bicyclic) bond motifs is 1. The van der Waals surface area contributed by atoms with Gasteiger partial charge in [-0.15, -0.1) is 0 Å². The van der Waals surface area contributed by atoms with Crippen molar-refractivity contribution < 1.29 is 4.42 Å². The molecule has 2 saturated heterocycles. The largest absolute Gasteiger partial charge is 0.469 e. The molecule has 0 bridgehead atoms. The van der Waals surface area contributed by atoms with Crippen LogP contribution in [0.25, 0.3) is 0 Å². The van der Waals surface area contributed by atoms with E-state index < -0.39 is 0 Å². The molecule has 3 rings (SSSR count). The summed E-state index contributed by atoms with van der Waals surface area (Å²) < 4.78 is 5.40. The molecule has 1 aromatic rings. The van der Waals surface area contributed by atoms with Crippen molar-refractivity contribution in [2.24, 2.45) is 0 Å². The highest BCUT2D eigenvalue weighted by Crippen LogP contribution is 2.27. The lowest BCUT2D eigenvalue weighted by molar-refractivity contribution is 0.161. The lowest BCUT2D eigenvalue weighted by Gasteiger charge is -2.36. The highest BCUT2D eigenvalue weighted by Gasteiger charge is 2.31. The Hall–Kier alpha value is -0.800. The van der Waals surface area contributed by atoms with E-state index in [1.54, 1.807) is 6.26 Å². The minimum atomic E-state index is 0.586. The van der Waals surface area contributed by atoms with Crippen molar-refractivity contribution in [3.05, 3.63) is 24.2 Å². The molecule has 3 atom stereocenters. The number of nitrogens with one attached hydrogen (secondary N) is 1. The van der Waals surface area contributed by atoms with Crippen molar-refractivity contribution in [1.29, 1.82) is 0 Å². The standard InChI is InChI=1S/C16H26N2O/c1-13(6-7-16-5-3-11-19-16)17-14-8-10-18-9-2-4-15(18)12-14/h3,5,11,13-15,17H,2,4,6-10,12H2,1H3. The van der Waals surface area contributed by atoms with Crippen LogP contribution >= 0.6 is 0 Å². The first-order valence-corrected chi connectivity index (χ1v) is 7.84. The lowest BCUT2D eigenvalue weighted by Crippen LogP contribution is -2.48. The fourth-order valence-corrected chi connectivity index (χ4v) is 3.68. The van der Waals surface area contributed by atoms with Crippen molar-refractivity contribution >= 4 is 0 Å². The number of piperidine rings is 1. The van der Waals surface area contributed by atoms with E-state index in [4.69, 9.17) is 4.42 Å². The molecule has 0 spiro atoms. The van der Waals surface area contributed by atoms with Crippen LogP contribution in [0.2, 0.25) is 0 Å². The van der Waals surface area contributed by atoms with Crippen molar-refractivity contribution in [1.82, 2.24) is 10.2 Å². The summed E-state index contributed by atoms with van der Waals surface area (Å²) in [6.07, 6.45) is 9.47. The van der Waals surface area contributed by atoms with E-state index in [1.165, 1.54) is 45.2 Å². The van der Waals surface area contributed by atoms with Gasteiger partial charge in [0.25, 0.3) is 0 Å². The van der Waals surface area contributed by atoms with Gasteiger partial charge in [0.1, 0.15) is 5.76 Å². The molecule has 0 radical (unpaired) electrons. The second kappa shape index (κ2) is 6.10. The van der Waals surface area contributed by atoms with Gasteiger partial charge in [0, 0.05) is 24.5 Å². The van der Waals surface area contributed by atoms with E-state index in [9.17, 15) is 0 Å². The van der Waals surface area contributed by atoms with Crippen LogP contribution in [-0.4, -0.2) is 36.1 Å². The van der Waals surface area contributed by atoms with Crippen molar-refractivity contribution in [3.63, 3.8) is 0 Å². The van der Waals surface area contributed by atoms with Crippen molar-refractivity contribution in [2.45, 2.75) is 63.6 Å². The molecule has 2 aliphatic rings. The Kier molecular flexibility index (Phi) is 4.24. The first kappa shape index (κ1) is 13.2. The third-order valence-corrected chi connectivity index (χ3v) is 4.74. The Morgan fingerprint density at radius 2 is 2.37 bits per heavy atom. The zero-order valence-corrected chi connectivity index (χ0v) is 12.0. The van der Waals surface area contributed by atoms with Gasteiger partial charge in [0.15, 0.2) is 0 Å². The normalized spacial score (nSPS) is 29.3. The van der Waals surface area contributed by atoms with E-state index in [0.29, 0.717) is 6.04 Å². The van der Waals surface area contributed by atoms with Gasteiger partial charge >= 0.3 is 0 Å². The van der Waals surface area contributed by atoms with Crippen LogP contribution in [0.1, 0.15) is 44.8 Å². The minimum absolute atomic E-state index is 0.586. The highest BCUT2D eigenvalue weighted by molar-refractivity contribution is 4.98. The first-order valence-electron chi connectivity index (χ1n) is 7.84. The predicted molar refractivity (Wildman–Crippen MR) is 77.2 cm³/mol. The minimum Gasteiger partial charge on any atom is -0.469 e. The number of hydrogen-bond acceptors (Lipinski definition) is 3. The summed E-state index contributed by atoms with van der Waals surface area (Å²) in [5.74, 6) is 1.11. The van der Waals surface area contributed by atoms with Crippen molar-refractivity contribution in [2.75, 3.05) is 13.1 Å². The molecular formula is C16H26N2O. The third-order valence-electron chi connectivity index (χ3n) is 4.74. The van der Waals surface area contributed by atoms with Gasteiger partial charge in [-0.05, 0) is 64.3 Å². The summed E-state index contributed by atoms with van der Waals surface area (Å²) >= 11 is 0. The quantitative estimate of drug-likeness (QED) is 0.884. The van der Waals surface area contributed by atoms with E-state index >= 15 is 0 Å². The topological polar surface area (TPSA) is 28.4 Å². The van der Waals surface area contributed by atoms with Crippen LogP contribution in [0.3, 0.4) is 0 Å². The van der Waals surface area contributed by atoms with Gasteiger partial charge < -0.3 is 14.6 Å². The second-order valence-corrected chi connectivity index (χ2v) is 6.24. The zero-order valence-electron chi connectivity index (χ0n) is 12.0. The fraction of sp³-hybridized carbons (Fsp3) is 0.750. The van der Waals surface area contributed by atoms with E-state index in [-0.39, 0.29) is 0 Å². The van der Waals surface area contributed by atoms with Crippen LogP contribution in [0.15, 0.2) is 22.8 Å². The maximum absolute atomic E-state index is 5.40. The smallest absolute Gasteiger partial charge is 0.103 e. The molecule has 0 amide bonds. The molecule has 3 nitrogen and oxygen atoms in total. The molecular weight excluding hydrogens is 236 g/mol. The Bertz CT molecular complexity index is 376. The summed E-state index contributed by atoms with van der Waals surface area (Å²) in [5, 5.41) is 3.83. The van der Waals surface area contributed by atoms with Gasteiger partial charge in [0.05, 0.1) is 6.26 Å². The third kappa shape index (κ3) is 3.40. The maximum Gasteiger partial charge on any atom is 0.103 e. The van der Waals surface area contributed by atoms with Gasteiger partial charge in [-0.2, -0.15) is 0 Å². The van der Waals surface area contributed by atoms with Crippen LogP contribution in [-0.2, 0) is 6.42 Å². The van der Waals surface area contributed by atoms with E-state index in [0.717, 1.165) is 24.3 Å². The number of aryl methyl sites for hydroxylation is 1. The average molecular weight is 262 g/mol. The molecule has 1 N–H and O–H groups in total. The molecule has 2 aliphatic heterocycles. The number of nitrogens with zero attached hydrogens (tertiary/aromatic N) is 1.